The third kappa shape index (κ3) is 1.42. The van der Waals surface area contributed by atoms with Gasteiger partial charge in [0.25, 0.3) is 0 Å². The average Bonchev–Trinajstić information content (AvgIpc) is 2.71. The first-order valence-corrected chi connectivity index (χ1v) is 4.28. The molecule has 0 saturated carbocycles. The maximum atomic E-state index is 5.50. The van der Waals surface area contributed by atoms with E-state index in [9.17, 15) is 0 Å². The number of rotatable bonds is 2. The minimum atomic E-state index is 0.516. The van der Waals surface area contributed by atoms with Gasteiger partial charge in [-0.2, -0.15) is 5.10 Å². The molecule has 2 aromatic rings. The molecule has 4 N–H and O–H groups in total. The Morgan fingerprint density at radius 2 is 2.23 bits per heavy atom. The Hall–Kier alpha value is -1.71. The van der Waals surface area contributed by atoms with E-state index in [1.54, 1.807) is 0 Å². The minimum absolute atomic E-state index is 0.516. The van der Waals surface area contributed by atoms with Crippen molar-refractivity contribution in [2.45, 2.75) is 13.3 Å². The summed E-state index contributed by atoms with van der Waals surface area (Å²) in [5, 5.41) is 6.71. The number of aromatic amines is 2. The summed E-state index contributed by atoms with van der Waals surface area (Å²) in [7, 11) is 0. The smallest absolute Gasteiger partial charge is 0.145 e. The molecule has 0 radical (unpaired) electrons. The molecule has 0 aliphatic heterocycles. The molecule has 0 fully saturated rings. The largest absolute Gasteiger partial charge is 0.382 e. The number of H-pyrrole nitrogens is 2. The summed E-state index contributed by atoms with van der Waals surface area (Å²) in [6.45, 7) is 2.11. The molecule has 13 heavy (non-hydrogen) atoms. The number of nitrogens with zero attached hydrogens (tertiary/aromatic N) is 1. The summed E-state index contributed by atoms with van der Waals surface area (Å²) in [4.78, 5) is 3.27. The predicted molar refractivity (Wildman–Crippen MR) is 52.2 cm³/mol. The molecule has 0 atom stereocenters. The van der Waals surface area contributed by atoms with Gasteiger partial charge in [0.05, 0.1) is 11.4 Å². The highest BCUT2D eigenvalue weighted by Crippen LogP contribution is 2.17. The fourth-order valence-electron chi connectivity index (χ4n) is 1.28. The van der Waals surface area contributed by atoms with Crippen LogP contribution in [-0.4, -0.2) is 15.2 Å². The van der Waals surface area contributed by atoms with Gasteiger partial charge in [-0.3, -0.25) is 5.10 Å². The SMILES string of the molecule is CCc1ccc(-c2cc(N)n[nH]2)[nH]1. The molecule has 0 unspecified atom stereocenters. The van der Waals surface area contributed by atoms with Gasteiger partial charge in [0, 0.05) is 11.8 Å². The quantitative estimate of drug-likeness (QED) is 0.649. The second-order valence-electron chi connectivity index (χ2n) is 2.96. The van der Waals surface area contributed by atoms with Crippen molar-refractivity contribution >= 4 is 5.82 Å². The summed E-state index contributed by atoms with van der Waals surface area (Å²) in [5.74, 6) is 0.516. The molecule has 2 aromatic heterocycles. The molecule has 4 nitrogen and oxygen atoms in total. The number of aromatic nitrogens is 3. The molecular formula is C9H12N4. The highest BCUT2D eigenvalue weighted by Gasteiger charge is 2.02. The first-order valence-electron chi connectivity index (χ1n) is 4.28. The van der Waals surface area contributed by atoms with E-state index >= 15 is 0 Å². The fraction of sp³-hybridized carbons (Fsp3) is 0.222. The Morgan fingerprint density at radius 3 is 2.77 bits per heavy atom. The van der Waals surface area contributed by atoms with Crippen LogP contribution in [0.5, 0.6) is 0 Å². The van der Waals surface area contributed by atoms with Crippen molar-refractivity contribution in [1.29, 1.82) is 0 Å². The zero-order chi connectivity index (χ0) is 9.26. The van der Waals surface area contributed by atoms with E-state index in [-0.39, 0.29) is 0 Å². The van der Waals surface area contributed by atoms with Gasteiger partial charge in [-0.15, -0.1) is 0 Å². The lowest BCUT2D eigenvalue weighted by Gasteiger charge is -1.91. The minimum Gasteiger partial charge on any atom is -0.382 e. The number of nitrogen functional groups attached to an aromatic ring is 1. The van der Waals surface area contributed by atoms with Crippen molar-refractivity contribution in [3.63, 3.8) is 0 Å². The van der Waals surface area contributed by atoms with Gasteiger partial charge in [-0.25, -0.2) is 0 Å². The Labute approximate surface area is 76.2 Å². The highest BCUT2D eigenvalue weighted by atomic mass is 15.2. The first kappa shape index (κ1) is 7.91. The second-order valence-corrected chi connectivity index (χ2v) is 2.96. The van der Waals surface area contributed by atoms with E-state index in [0.717, 1.165) is 17.8 Å². The van der Waals surface area contributed by atoms with Crippen molar-refractivity contribution in [3.05, 3.63) is 23.9 Å². The molecular weight excluding hydrogens is 164 g/mol. The van der Waals surface area contributed by atoms with Gasteiger partial charge in [0.1, 0.15) is 5.82 Å². The van der Waals surface area contributed by atoms with Crippen LogP contribution in [0.2, 0.25) is 0 Å². The molecule has 2 rings (SSSR count). The van der Waals surface area contributed by atoms with Gasteiger partial charge in [-0.1, -0.05) is 6.92 Å². The van der Waals surface area contributed by atoms with Crippen molar-refractivity contribution in [2.75, 3.05) is 5.73 Å². The van der Waals surface area contributed by atoms with Crippen LogP contribution in [0.3, 0.4) is 0 Å². The number of hydrogen-bond donors (Lipinski definition) is 3. The van der Waals surface area contributed by atoms with E-state index in [4.69, 9.17) is 5.73 Å². The van der Waals surface area contributed by atoms with Crippen LogP contribution in [0.15, 0.2) is 18.2 Å². The first-order chi connectivity index (χ1) is 6.29. The molecule has 0 amide bonds. The van der Waals surface area contributed by atoms with Crippen molar-refractivity contribution < 1.29 is 0 Å². The summed E-state index contributed by atoms with van der Waals surface area (Å²) in [6.07, 6.45) is 1.00. The van der Waals surface area contributed by atoms with Crippen LogP contribution >= 0.6 is 0 Å². The molecule has 0 aliphatic carbocycles. The normalized spacial score (nSPS) is 10.5. The maximum Gasteiger partial charge on any atom is 0.145 e. The maximum absolute atomic E-state index is 5.50. The van der Waals surface area contributed by atoms with Crippen molar-refractivity contribution in [1.82, 2.24) is 15.2 Å². The van der Waals surface area contributed by atoms with Gasteiger partial charge in [-0.05, 0) is 18.6 Å². The molecule has 68 valence electrons. The van der Waals surface area contributed by atoms with Crippen molar-refractivity contribution in [2.24, 2.45) is 0 Å². The van der Waals surface area contributed by atoms with E-state index < -0.39 is 0 Å². The Balaban J connectivity index is 2.35. The van der Waals surface area contributed by atoms with Gasteiger partial charge in [0.2, 0.25) is 0 Å². The average molecular weight is 176 g/mol. The molecule has 0 bridgehead atoms. The lowest BCUT2D eigenvalue weighted by Crippen LogP contribution is -1.81. The van der Waals surface area contributed by atoms with Crippen LogP contribution in [-0.2, 0) is 6.42 Å². The number of nitrogens with one attached hydrogen (secondary N) is 2. The highest BCUT2D eigenvalue weighted by molar-refractivity contribution is 5.58. The molecule has 0 aliphatic rings. The van der Waals surface area contributed by atoms with E-state index in [0.29, 0.717) is 5.82 Å². The monoisotopic (exact) mass is 176 g/mol. The third-order valence-corrected chi connectivity index (χ3v) is 2.02. The molecule has 0 aromatic carbocycles. The Morgan fingerprint density at radius 1 is 1.38 bits per heavy atom. The second kappa shape index (κ2) is 2.97. The fourth-order valence-corrected chi connectivity index (χ4v) is 1.28. The van der Waals surface area contributed by atoms with E-state index in [1.165, 1.54) is 5.69 Å². The molecule has 4 heteroatoms. The lowest BCUT2D eigenvalue weighted by molar-refractivity contribution is 1.05. The zero-order valence-corrected chi connectivity index (χ0v) is 7.46. The Kier molecular flexibility index (Phi) is 1.81. The van der Waals surface area contributed by atoms with Crippen LogP contribution in [0.4, 0.5) is 5.82 Å². The summed E-state index contributed by atoms with van der Waals surface area (Å²) in [6, 6.07) is 5.89. The number of aryl methyl sites for hydroxylation is 1. The number of anilines is 1. The van der Waals surface area contributed by atoms with E-state index in [1.807, 2.05) is 12.1 Å². The van der Waals surface area contributed by atoms with Crippen molar-refractivity contribution in [3.8, 4) is 11.4 Å². The van der Waals surface area contributed by atoms with Crippen LogP contribution < -0.4 is 5.73 Å². The summed E-state index contributed by atoms with van der Waals surface area (Å²) >= 11 is 0. The van der Waals surface area contributed by atoms with Crippen LogP contribution in [0.25, 0.3) is 11.4 Å². The molecule has 2 heterocycles. The molecule has 0 spiro atoms. The standard InChI is InChI=1S/C9H12N4/c1-2-6-3-4-7(11-6)8-5-9(10)13-12-8/h3-5,11H,2H2,1H3,(H3,10,12,13). The number of hydrogen-bond acceptors (Lipinski definition) is 2. The van der Waals surface area contributed by atoms with E-state index in [2.05, 4.69) is 28.2 Å². The van der Waals surface area contributed by atoms with Crippen LogP contribution in [0.1, 0.15) is 12.6 Å². The summed E-state index contributed by atoms with van der Waals surface area (Å²) < 4.78 is 0. The van der Waals surface area contributed by atoms with Crippen LogP contribution in [0, 0.1) is 0 Å². The Bertz CT molecular complexity index is 399. The van der Waals surface area contributed by atoms with Gasteiger partial charge >= 0.3 is 0 Å². The molecule has 0 saturated heterocycles. The summed E-state index contributed by atoms with van der Waals surface area (Å²) in [5.41, 5.74) is 8.67. The third-order valence-electron chi connectivity index (χ3n) is 2.02. The number of nitrogens with two attached hydrogens (primary N) is 1. The van der Waals surface area contributed by atoms with Gasteiger partial charge in [0.15, 0.2) is 0 Å². The topological polar surface area (TPSA) is 70.5 Å². The van der Waals surface area contributed by atoms with Gasteiger partial charge < -0.3 is 10.7 Å². The predicted octanol–water partition coefficient (Wildman–Crippen LogP) is 1.55. The zero-order valence-electron chi connectivity index (χ0n) is 7.46. The lowest BCUT2D eigenvalue weighted by atomic mass is 10.3.